The van der Waals surface area contributed by atoms with Gasteiger partial charge in [0.25, 0.3) is 0 Å². The van der Waals surface area contributed by atoms with Crippen LogP contribution in [0.15, 0.2) is 0 Å². The number of carbonyl (C=O) groups excluding carboxylic acids is 2. The number of aromatic nitrogens is 2. The zero-order valence-electron chi connectivity index (χ0n) is 37.3. The van der Waals surface area contributed by atoms with E-state index in [0.717, 1.165) is 82.8 Å². The van der Waals surface area contributed by atoms with Crippen molar-refractivity contribution in [3.63, 3.8) is 0 Å². The third-order valence-electron chi connectivity index (χ3n) is 11.3. The summed E-state index contributed by atoms with van der Waals surface area (Å²) in [4.78, 5) is 27.4. The van der Waals surface area contributed by atoms with Gasteiger partial charge in [0, 0.05) is 26.4 Å². The van der Waals surface area contributed by atoms with E-state index >= 15 is 0 Å². The van der Waals surface area contributed by atoms with Gasteiger partial charge in [0.15, 0.2) is 11.6 Å². The van der Waals surface area contributed by atoms with Crippen LogP contribution in [0.1, 0.15) is 214 Å². The quantitative estimate of drug-likeness (QED) is 0.0493. The number of anilines is 2. The van der Waals surface area contributed by atoms with E-state index in [9.17, 15) is 9.59 Å². The van der Waals surface area contributed by atoms with Gasteiger partial charge >= 0.3 is 11.9 Å². The van der Waals surface area contributed by atoms with Gasteiger partial charge in [-0.05, 0) is 76.4 Å². The fourth-order valence-corrected chi connectivity index (χ4v) is 8.16. The van der Waals surface area contributed by atoms with E-state index in [1.807, 2.05) is 7.05 Å². The molecule has 1 aromatic heterocycles. The molecule has 56 heavy (non-hydrogen) atoms. The Morgan fingerprint density at radius 3 is 1.45 bits per heavy atom. The normalized spacial score (nSPS) is 11.6. The lowest BCUT2D eigenvalue weighted by Crippen LogP contribution is -2.28. The topological polar surface area (TPSA) is 106 Å². The predicted octanol–water partition coefficient (Wildman–Crippen LogP) is 13.0. The molecular formula is C46H89N5O4S. The van der Waals surface area contributed by atoms with E-state index < -0.39 is 0 Å². The molecule has 0 bridgehead atoms. The van der Waals surface area contributed by atoms with Crippen molar-refractivity contribution in [3.8, 4) is 0 Å². The maximum absolute atomic E-state index is 12.4. The Hall–Kier alpha value is -1.94. The lowest BCUT2D eigenvalue weighted by atomic mass is 9.92. The molecule has 2 N–H and O–H groups in total. The average Bonchev–Trinajstić information content (AvgIpc) is 3.66. The smallest absolute Gasteiger partial charge is 0.305 e. The van der Waals surface area contributed by atoms with Gasteiger partial charge in [-0.3, -0.25) is 9.59 Å². The molecule has 0 aliphatic carbocycles. The second kappa shape index (κ2) is 38.6. The molecule has 0 aliphatic heterocycles. The largest absolute Gasteiger partial charge is 0.466 e. The summed E-state index contributed by atoms with van der Waals surface area (Å²) in [5.74, 6) is 3.04. The van der Waals surface area contributed by atoms with Gasteiger partial charge in [-0.25, -0.2) is 0 Å². The highest BCUT2D eigenvalue weighted by atomic mass is 32.1. The fourth-order valence-electron chi connectivity index (χ4n) is 7.62. The van der Waals surface area contributed by atoms with Crippen LogP contribution in [0.25, 0.3) is 0 Å². The molecule has 0 atom stereocenters. The summed E-state index contributed by atoms with van der Waals surface area (Å²) in [5, 5.41) is 6.54. The van der Waals surface area contributed by atoms with E-state index in [2.05, 4.69) is 52.0 Å². The van der Waals surface area contributed by atoms with Crippen molar-refractivity contribution < 1.29 is 19.1 Å². The Labute approximate surface area is 349 Å². The van der Waals surface area contributed by atoms with Crippen LogP contribution >= 0.6 is 11.7 Å². The molecule has 9 nitrogen and oxygen atoms in total. The standard InChI is InChI=1S/C46H89N5O4S/c1-6-10-20-29-42(30-21-11-7-2)34-40-55-44(53)32-23-17-15-19-25-37-51(38-26-35-48-46-45(47-5)49-56-50-46)36-24-18-14-16-22-31-43(52)54-39-33-41(27-12-8-3)28-13-9-4/h41-42H,6-40H2,1-5H3,(H,47,49)(H,48,50). The lowest BCUT2D eigenvalue weighted by molar-refractivity contribution is -0.145. The first kappa shape index (κ1) is 52.1. The van der Waals surface area contributed by atoms with E-state index in [1.165, 1.54) is 140 Å². The maximum atomic E-state index is 12.4. The van der Waals surface area contributed by atoms with Crippen LogP contribution in [0, 0.1) is 11.8 Å². The van der Waals surface area contributed by atoms with Crippen LogP contribution in [0.4, 0.5) is 11.6 Å². The first-order chi connectivity index (χ1) is 27.5. The third kappa shape index (κ3) is 30.2. The van der Waals surface area contributed by atoms with Gasteiger partial charge in [-0.1, -0.05) is 156 Å². The van der Waals surface area contributed by atoms with Gasteiger partial charge < -0.3 is 25.0 Å². The van der Waals surface area contributed by atoms with E-state index in [-0.39, 0.29) is 11.9 Å². The Balaban J connectivity index is 2.29. The van der Waals surface area contributed by atoms with Crippen LogP contribution in [0.5, 0.6) is 0 Å². The Morgan fingerprint density at radius 2 is 0.964 bits per heavy atom. The number of esters is 2. The van der Waals surface area contributed by atoms with Gasteiger partial charge in [0.2, 0.25) is 0 Å². The summed E-state index contributed by atoms with van der Waals surface area (Å²) in [5.41, 5.74) is 0. The number of hydrogen-bond acceptors (Lipinski definition) is 10. The zero-order chi connectivity index (χ0) is 40.7. The van der Waals surface area contributed by atoms with E-state index in [0.29, 0.717) is 37.9 Å². The monoisotopic (exact) mass is 808 g/mol. The Kier molecular flexibility index (Phi) is 35.9. The molecule has 0 amide bonds. The molecule has 1 aromatic rings. The van der Waals surface area contributed by atoms with Crippen LogP contribution in [0.2, 0.25) is 0 Å². The van der Waals surface area contributed by atoms with Crippen molar-refractivity contribution in [2.24, 2.45) is 11.8 Å². The summed E-state index contributed by atoms with van der Waals surface area (Å²) in [6.45, 7) is 14.4. The molecule has 1 rings (SSSR count). The van der Waals surface area contributed by atoms with Crippen molar-refractivity contribution in [1.82, 2.24) is 13.6 Å². The number of nitrogens with one attached hydrogen (secondary N) is 2. The minimum absolute atomic E-state index is 0.00937. The summed E-state index contributed by atoms with van der Waals surface area (Å²) < 4.78 is 19.9. The van der Waals surface area contributed by atoms with Crippen molar-refractivity contribution >= 4 is 35.3 Å². The molecule has 0 unspecified atom stereocenters. The average molecular weight is 808 g/mol. The summed E-state index contributed by atoms with van der Waals surface area (Å²) >= 11 is 1.23. The molecule has 0 aliphatic rings. The number of unbranched alkanes of at least 4 members (excludes halogenated alkanes) is 14. The predicted molar refractivity (Wildman–Crippen MR) is 240 cm³/mol. The molecule has 0 aromatic carbocycles. The molecular weight excluding hydrogens is 719 g/mol. The molecule has 328 valence electrons. The molecule has 0 radical (unpaired) electrons. The number of ether oxygens (including phenoxy) is 2. The number of carbonyl (C=O) groups is 2. The Bertz CT molecular complexity index is 1010. The van der Waals surface area contributed by atoms with Crippen LogP contribution in [0.3, 0.4) is 0 Å². The maximum Gasteiger partial charge on any atom is 0.305 e. The highest BCUT2D eigenvalue weighted by Gasteiger charge is 2.13. The number of rotatable bonds is 42. The van der Waals surface area contributed by atoms with E-state index in [1.54, 1.807) is 0 Å². The SMILES string of the molecule is CCCCCC(CCCCC)CCOC(=O)CCCCCCCN(CCCCCCCC(=O)OCCC(CCCC)CCCC)CCCNc1nsnc1NC. The summed E-state index contributed by atoms with van der Waals surface area (Å²) in [6, 6.07) is 0. The van der Waals surface area contributed by atoms with Crippen molar-refractivity contribution in [2.45, 2.75) is 214 Å². The molecule has 0 saturated carbocycles. The lowest BCUT2D eigenvalue weighted by Gasteiger charge is -2.22. The molecule has 0 fully saturated rings. The van der Waals surface area contributed by atoms with Crippen molar-refractivity contribution in [3.05, 3.63) is 0 Å². The minimum Gasteiger partial charge on any atom is -0.466 e. The third-order valence-corrected chi connectivity index (χ3v) is 11.8. The van der Waals surface area contributed by atoms with Gasteiger partial charge in [0.05, 0.1) is 24.9 Å². The van der Waals surface area contributed by atoms with Crippen LogP contribution in [-0.4, -0.2) is 72.0 Å². The van der Waals surface area contributed by atoms with Crippen molar-refractivity contribution in [2.75, 3.05) is 57.1 Å². The Morgan fingerprint density at radius 1 is 0.536 bits per heavy atom. The number of hydrogen-bond donors (Lipinski definition) is 2. The zero-order valence-corrected chi connectivity index (χ0v) is 38.1. The fraction of sp³-hybridized carbons (Fsp3) is 0.913. The first-order valence-corrected chi connectivity index (χ1v) is 24.5. The highest BCUT2D eigenvalue weighted by molar-refractivity contribution is 6.99. The van der Waals surface area contributed by atoms with Crippen LogP contribution < -0.4 is 10.6 Å². The molecule has 0 saturated heterocycles. The van der Waals surface area contributed by atoms with Gasteiger partial charge in [-0.2, -0.15) is 8.75 Å². The summed E-state index contributed by atoms with van der Waals surface area (Å²) in [6.07, 6.45) is 33.3. The second-order valence-corrected chi connectivity index (χ2v) is 16.9. The number of nitrogens with zero attached hydrogens (tertiary/aromatic N) is 3. The summed E-state index contributed by atoms with van der Waals surface area (Å²) in [7, 11) is 1.88. The first-order valence-electron chi connectivity index (χ1n) is 23.7. The molecule has 1 heterocycles. The van der Waals surface area contributed by atoms with Gasteiger partial charge in [0.1, 0.15) is 0 Å². The van der Waals surface area contributed by atoms with E-state index in [4.69, 9.17) is 9.47 Å². The van der Waals surface area contributed by atoms with Crippen LogP contribution in [-0.2, 0) is 19.1 Å². The second-order valence-electron chi connectivity index (χ2n) is 16.4. The molecule has 0 spiro atoms. The van der Waals surface area contributed by atoms with Gasteiger partial charge in [-0.15, -0.1) is 0 Å². The van der Waals surface area contributed by atoms with Crippen molar-refractivity contribution in [1.29, 1.82) is 0 Å². The minimum atomic E-state index is -0.0144. The molecule has 10 heteroatoms. The highest BCUT2D eigenvalue weighted by Crippen LogP contribution is 2.22.